The van der Waals surface area contributed by atoms with E-state index in [1.54, 1.807) is 26.2 Å². The molecule has 3 aromatic rings. The van der Waals surface area contributed by atoms with Crippen molar-refractivity contribution in [1.29, 1.82) is 0 Å². The van der Waals surface area contributed by atoms with Crippen LogP contribution in [0.25, 0.3) is 22.0 Å². The molecule has 0 atom stereocenters. The molecule has 0 radical (unpaired) electrons. The van der Waals surface area contributed by atoms with Gasteiger partial charge >= 0.3 is 0 Å². The highest BCUT2D eigenvalue weighted by atomic mass is 16.3. The summed E-state index contributed by atoms with van der Waals surface area (Å²) < 4.78 is 0. The van der Waals surface area contributed by atoms with Crippen molar-refractivity contribution in [2.75, 3.05) is 0 Å². The van der Waals surface area contributed by atoms with Gasteiger partial charge in [-0.3, -0.25) is 9.78 Å². The summed E-state index contributed by atoms with van der Waals surface area (Å²) in [5, 5.41) is 11.4. The van der Waals surface area contributed by atoms with Crippen LogP contribution in [-0.4, -0.2) is 15.1 Å². The van der Waals surface area contributed by atoms with Crippen LogP contribution < -0.4 is 5.56 Å². The van der Waals surface area contributed by atoms with Crippen molar-refractivity contribution in [3.8, 4) is 11.3 Å². The van der Waals surface area contributed by atoms with Crippen LogP contribution in [0.5, 0.6) is 0 Å². The Hall–Kier alpha value is -2.46. The maximum atomic E-state index is 12.1. The first-order chi connectivity index (χ1) is 9.95. The van der Waals surface area contributed by atoms with E-state index >= 15 is 0 Å². The smallest absolute Gasteiger partial charge is 0.257 e. The van der Waals surface area contributed by atoms with E-state index in [0.29, 0.717) is 5.39 Å². The molecule has 1 aromatic carbocycles. The van der Waals surface area contributed by atoms with E-state index in [4.69, 9.17) is 0 Å². The minimum Gasteiger partial charge on any atom is -0.386 e. The SMILES string of the molecule is CC(C)(O)c1ccc(-c2cc3ccncc3c(=O)[nH]2)cc1. The van der Waals surface area contributed by atoms with Crippen molar-refractivity contribution in [1.82, 2.24) is 9.97 Å². The number of rotatable bonds is 2. The van der Waals surface area contributed by atoms with Crippen LogP contribution in [0, 0.1) is 0 Å². The van der Waals surface area contributed by atoms with E-state index in [2.05, 4.69) is 9.97 Å². The number of aromatic nitrogens is 2. The van der Waals surface area contributed by atoms with Gasteiger partial charge in [-0.15, -0.1) is 0 Å². The predicted octanol–water partition coefficient (Wildman–Crippen LogP) is 2.82. The van der Waals surface area contributed by atoms with Crippen molar-refractivity contribution in [2.24, 2.45) is 0 Å². The summed E-state index contributed by atoms with van der Waals surface area (Å²) in [6.07, 6.45) is 3.23. The van der Waals surface area contributed by atoms with Gasteiger partial charge in [-0.05, 0) is 42.5 Å². The Bertz CT molecular complexity index is 843. The Morgan fingerprint density at radius 1 is 1.14 bits per heavy atom. The van der Waals surface area contributed by atoms with Crippen LogP contribution in [0.15, 0.2) is 53.6 Å². The minimum atomic E-state index is -0.874. The van der Waals surface area contributed by atoms with Gasteiger partial charge in [0.2, 0.25) is 0 Å². The van der Waals surface area contributed by atoms with Crippen LogP contribution in [0.2, 0.25) is 0 Å². The lowest BCUT2D eigenvalue weighted by Gasteiger charge is -2.17. The molecule has 2 aromatic heterocycles. The van der Waals surface area contributed by atoms with Gasteiger partial charge in [0.15, 0.2) is 0 Å². The molecule has 0 saturated heterocycles. The quantitative estimate of drug-likeness (QED) is 0.758. The highest BCUT2D eigenvalue weighted by Gasteiger charge is 2.15. The molecule has 0 spiro atoms. The minimum absolute atomic E-state index is 0.151. The third-order valence-corrected chi connectivity index (χ3v) is 3.55. The van der Waals surface area contributed by atoms with Crippen LogP contribution in [-0.2, 0) is 5.60 Å². The van der Waals surface area contributed by atoms with Gasteiger partial charge in [0.25, 0.3) is 5.56 Å². The molecule has 3 rings (SSSR count). The molecule has 0 aliphatic carbocycles. The fourth-order valence-corrected chi connectivity index (χ4v) is 2.32. The van der Waals surface area contributed by atoms with E-state index in [1.165, 1.54) is 0 Å². The lowest BCUT2D eigenvalue weighted by atomic mass is 9.96. The first-order valence-electron chi connectivity index (χ1n) is 6.75. The Kier molecular flexibility index (Phi) is 3.11. The molecule has 0 fully saturated rings. The average molecular weight is 280 g/mol. The van der Waals surface area contributed by atoms with Gasteiger partial charge in [-0.1, -0.05) is 24.3 Å². The van der Waals surface area contributed by atoms with Gasteiger partial charge in [-0.2, -0.15) is 0 Å². The maximum Gasteiger partial charge on any atom is 0.257 e. The molecule has 21 heavy (non-hydrogen) atoms. The second-order valence-electron chi connectivity index (χ2n) is 5.61. The zero-order valence-corrected chi connectivity index (χ0v) is 11.9. The van der Waals surface area contributed by atoms with E-state index < -0.39 is 5.60 Å². The van der Waals surface area contributed by atoms with E-state index in [1.807, 2.05) is 36.4 Å². The van der Waals surface area contributed by atoms with Crippen molar-refractivity contribution in [3.63, 3.8) is 0 Å². The summed E-state index contributed by atoms with van der Waals surface area (Å²) in [7, 11) is 0. The van der Waals surface area contributed by atoms with Gasteiger partial charge in [0, 0.05) is 18.1 Å². The first kappa shape index (κ1) is 13.5. The van der Waals surface area contributed by atoms with Crippen LogP contribution in [0.3, 0.4) is 0 Å². The number of aromatic amines is 1. The summed E-state index contributed by atoms with van der Waals surface area (Å²) in [5.74, 6) is 0. The van der Waals surface area contributed by atoms with Crippen molar-refractivity contribution in [2.45, 2.75) is 19.4 Å². The number of H-pyrrole nitrogens is 1. The van der Waals surface area contributed by atoms with Crippen molar-refractivity contribution < 1.29 is 5.11 Å². The largest absolute Gasteiger partial charge is 0.386 e. The zero-order valence-electron chi connectivity index (χ0n) is 11.9. The monoisotopic (exact) mass is 280 g/mol. The second-order valence-corrected chi connectivity index (χ2v) is 5.61. The Morgan fingerprint density at radius 2 is 1.86 bits per heavy atom. The normalized spacial score (nSPS) is 11.8. The summed E-state index contributed by atoms with van der Waals surface area (Å²) in [6, 6.07) is 11.3. The highest BCUT2D eigenvalue weighted by Crippen LogP contribution is 2.24. The van der Waals surface area contributed by atoms with Crippen molar-refractivity contribution in [3.05, 3.63) is 64.7 Å². The zero-order chi connectivity index (χ0) is 15.0. The molecule has 106 valence electrons. The fraction of sp³-hybridized carbons (Fsp3) is 0.176. The van der Waals surface area contributed by atoms with E-state index in [9.17, 15) is 9.90 Å². The number of hydrogen-bond acceptors (Lipinski definition) is 3. The number of benzene rings is 1. The maximum absolute atomic E-state index is 12.1. The molecule has 0 amide bonds. The Balaban J connectivity index is 2.10. The van der Waals surface area contributed by atoms with Crippen LogP contribution in [0.1, 0.15) is 19.4 Å². The second kappa shape index (κ2) is 4.82. The third kappa shape index (κ3) is 2.58. The summed E-state index contributed by atoms with van der Waals surface area (Å²) in [6.45, 7) is 3.49. The lowest BCUT2D eigenvalue weighted by Crippen LogP contribution is -2.15. The molecule has 4 heteroatoms. The Morgan fingerprint density at radius 3 is 2.52 bits per heavy atom. The fourth-order valence-electron chi connectivity index (χ4n) is 2.32. The Labute approximate surface area is 122 Å². The standard InChI is InChI=1S/C17H16N2O2/c1-17(2,21)13-5-3-11(4-6-13)15-9-12-7-8-18-10-14(12)16(20)19-15/h3-10,21H,1-2H3,(H,19,20). The van der Waals surface area contributed by atoms with E-state index in [-0.39, 0.29) is 5.56 Å². The molecule has 2 N–H and O–H groups in total. The number of nitrogens with one attached hydrogen (secondary N) is 1. The molecule has 0 unspecified atom stereocenters. The number of aliphatic hydroxyl groups is 1. The number of pyridine rings is 2. The molecular formula is C17H16N2O2. The molecular weight excluding hydrogens is 264 g/mol. The van der Waals surface area contributed by atoms with E-state index in [0.717, 1.165) is 22.2 Å². The number of hydrogen-bond donors (Lipinski definition) is 2. The van der Waals surface area contributed by atoms with Gasteiger partial charge in [0.05, 0.1) is 11.0 Å². The molecule has 0 aliphatic rings. The summed E-state index contributed by atoms with van der Waals surface area (Å²) >= 11 is 0. The van der Waals surface area contributed by atoms with Crippen LogP contribution in [0.4, 0.5) is 0 Å². The summed E-state index contributed by atoms with van der Waals surface area (Å²) in [4.78, 5) is 18.9. The van der Waals surface area contributed by atoms with Gasteiger partial charge in [0.1, 0.15) is 0 Å². The molecule has 4 nitrogen and oxygen atoms in total. The third-order valence-electron chi connectivity index (χ3n) is 3.55. The molecule has 0 aliphatic heterocycles. The molecule has 0 bridgehead atoms. The number of nitrogens with zero attached hydrogens (tertiary/aromatic N) is 1. The number of fused-ring (bicyclic) bond motifs is 1. The van der Waals surface area contributed by atoms with Crippen LogP contribution >= 0.6 is 0 Å². The van der Waals surface area contributed by atoms with Gasteiger partial charge in [-0.25, -0.2) is 0 Å². The lowest BCUT2D eigenvalue weighted by molar-refractivity contribution is 0.0786. The topological polar surface area (TPSA) is 66.0 Å². The summed E-state index contributed by atoms with van der Waals surface area (Å²) in [5.41, 5.74) is 1.46. The molecule has 2 heterocycles. The van der Waals surface area contributed by atoms with Crippen molar-refractivity contribution >= 4 is 10.8 Å². The first-order valence-corrected chi connectivity index (χ1v) is 6.75. The average Bonchev–Trinajstić information content (AvgIpc) is 2.46. The highest BCUT2D eigenvalue weighted by molar-refractivity contribution is 5.84. The predicted molar refractivity (Wildman–Crippen MR) is 83.0 cm³/mol. The van der Waals surface area contributed by atoms with Gasteiger partial charge < -0.3 is 10.1 Å². The molecule has 0 saturated carbocycles.